The van der Waals surface area contributed by atoms with Crippen LogP contribution in [0.1, 0.15) is 55.8 Å². The minimum absolute atomic E-state index is 0. The Morgan fingerprint density at radius 2 is 1.20 bits per heavy atom. The molecule has 2 aliphatic carbocycles. The van der Waals surface area contributed by atoms with Crippen LogP contribution in [0.15, 0.2) is 102 Å². The molecule has 0 amide bonds. The third-order valence-corrected chi connectivity index (χ3v) is 32.3. The SMILES string of the molecule is CC1=Cc2c(-c3ccccc3)ccc(C)c2[CH]1[Zr]([CH3])([CH3])(=[GeH2])[CH]1C(C(C)C)=Cc2c(-c3ccccc3)cccc21.Cl.Cl. The predicted molar refractivity (Wildman–Crippen MR) is 185 cm³/mol. The zero-order chi connectivity index (χ0) is 27.6. The van der Waals surface area contributed by atoms with E-state index in [1.165, 1.54) is 51.1 Å². The molecule has 4 heteroatoms. The molecule has 2 atom stereocenters. The van der Waals surface area contributed by atoms with E-state index in [1.54, 1.807) is 22.3 Å². The maximum absolute atomic E-state index is 3.52. The molecule has 0 aromatic heterocycles. The molecular weight excluding hydrogens is 679 g/mol. The molecule has 4 aromatic carbocycles. The van der Waals surface area contributed by atoms with Gasteiger partial charge in [-0.2, -0.15) is 0 Å². The van der Waals surface area contributed by atoms with Gasteiger partial charge in [0.05, 0.1) is 0 Å². The average Bonchev–Trinajstić information content (AvgIpc) is 3.50. The zero-order valence-electron chi connectivity index (χ0n) is 25.1. The van der Waals surface area contributed by atoms with E-state index in [0.29, 0.717) is 13.2 Å². The van der Waals surface area contributed by atoms with E-state index in [4.69, 9.17) is 0 Å². The molecule has 212 valence electrons. The topological polar surface area (TPSA) is 0 Å². The summed E-state index contributed by atoms with van der Waals surface area (Å²) in [6.07, 6.45) is 5.16. The van der Waals surface area contributed by atoms with Crippen molar-refractivity contribution in [1.82, 2.24) is 0 Å². The number of halogens is 2. The molecule has 0 aliphatic heterocycles. The summed E-state index contributed by atoms with van der Waals surface area (Å²) < 4.78 is 6.75. The quantitative estimate of drug-likeness (QED) is 0.180. The Bertz CT molecular complexity index is 1730. The Balaban J connectivity index is 0.00000194. The standard InChI is InChI=1S/C18H17.C17H15.2CH3.2ClH.GeH2.Zr/c1-13(2)16-11-15-9-6-10-17(18(15)12-16)14-7-4-3-5-8-14;1-12-10-16-13(2)8-9-15(17(16)11-12)14-6-4-3-5-7-14;;;;;;/h3-13H,1-2H3;3-11H,1-2H3;2*1H3;2*1H;1H2;. The van der Waals surface area contributed by atoms with E-state index in [-0.39, 0.29) is 24.8 Å². The number of rotatable bonds is 5. The van der Waals surface area contributed by atoms with Crippen LogP contribution in [-0.2, 0) is 15.7 Å². The van der Waals surface area contributed by atoms with Crippen molar-refractivity contribution in [1.29, 1.82) is 0 Å². The van der Waals surface area contributed by atoms with Gasteiger partial charge in [0.15, 0.2) is 0 Å². The van der Waals surface area contributed by atoms with Gasteiger partial charge < -0.3 is 0 Å². The number of allylic oxidation sites excluding steroid dienone is 2. The first-order valence-corrected chi connectivity index (χ1v) is 32.7. The van der Waals surface area contributed by atoms with Crippen LogP contribution in [0.25, 0.3) is 34.4 Å². The minimum Gasteiger partial charge on any atom is -0.147 e. The Kier molecular flexibility index (Phi) is 9.29. The first-order valence-electron chi connectivity index (χ1n) is 14.4. The molecule has 0 heterocycles. The van der Waals surface area contributed by atoms with Gasteiger partial charge in [-0.15, -0.1) is 24.8 Å². The fourth-order valence-corrected chi connectivity index (χ4v) is 34.9. The van der Waals surface area contributed by atoms with Crippen molar-refractivity contribution >= 4 is 49.1 Å². The van der Waals surface area contributed by atoms with Crippen LogP contribution < -0.4 is 0 Å². The van der Waals surface area contributed by atoms with Gasteiger partial charge in [0, 0.05) is 0 Å². The average molecular weight is 721 g/mol. The Labute approximate surface area is 264 Å². The number of fused-ring (bicyclic) bond motifs is 2. The molecule has 0 spiro atoms. The molecule has 0 bridgehead atoms. The van der Waals surface area contributed by atoms with Crippen molar-refractivity contribution < 1.29 is 15.7 Å². The van der Waals surface area contributed by atoms with Gasteiger partial charge >= 0.3 is 242 Å². The first kappa shape index (κ1) is 32.3. The van der Waals surface area contributed by atoms with Crippen LogP contribution in [0.2, 0.25) is 9.26 Å². The van der Waals surface area contributed by atoms with Crippen molar-refractivity contribution in [2.75, 3.05) is 0 Å². The number of aryl methyl sites for hydroxylation is 1. The molecule has 0 fully saturated rings. The Morgan fingerprint density at radius 3 is 1.76 bits per heavy atom. The monoisotopic (exact) mass is 720 g/mol. The summed E-state index contributed by atoms with van der Waals surface area (Å²) in [6, 6.07) is 33.8. The van der Waals surface area contributed by atoms with E-state index in [2.05, 4.69) is 140 Å². The molecule has 4 aromatic rings. The van der Waals surface area contributed by atoms with Crippen molar-refractivity contribution in [3.05, 3.63) is 130 Å². The van der Waals surface area contributed by atoms with Crippen LogP contribution in [-0.4, -0.2) is 12.1 Å². The van der Waals surface area contributed by atoms with Crippen LogP contribution in [0.4, 0.5) is 0 Å². The van der Waals surface area contributed by atoms with Gasteiger partial charge in [-0.1, -0.05) is 0 Å². The van der Waals surface area contributed by atoms with Crippen molar-refractivity contribution in [3.8, 4) is 22.3 Å². The summed E-state index contributed by atoms with van der Waals surface area (Å²) in [5.74, 6) is 0.534. The van der Waals surface area contributed by atoms with Crippen LogP contribution >= 0.6 is 24.8 Å². The second kappa shape index (κ2) is 11.8. The maximum Gasteiger partial charge on any atom is -0.147 e. The molecule has 0 saturated heterocycles. The minimum atomic E-state index is -3.52. The third kappa shape index (κ3) is 5.35. The number of benzene rings is 4. The summed E-state index contributed by atoms with van der Waals surface area (Å²) >= 11 is -2.11. The number of hydrogen-bond donors (Lipinski definition) is 0. The molecule has 41 heavy (non-hydrogen) atoms. The van der Waals surface area contributed by atoms with E-state index < -0.39 is 15.7 Å². The fourth-order valence-electron chi connectivity index (χ4n) is 7.93. The van der Waals surface area contributed by atoms with E-state index in [1.807, 2.05) is 0 Å². The van der Waals surface area contributed by atoms with Crippen LogP contribution in [0, 0.1) is 12.8 Å². The Hall–Kier alpha value is -1.63. The summed E-state index contributed by atoms with van der Waals surface area (Å²) in [5, 5.41) is 0. The molecule has 2 unspecified atom stereocenters. The summed E-state index contributed by atoms with van der Waals surface area (Å²) in [6.45, 7) is 9.63. The van der Waals surface area contributed by atoms with E-state index in [9.17, 15) is 0 Å². The number of hydrogen-bond acceptors (Lipinski definition) is 0. The molecule has 2 aliphatic rings. The van der Waals surface area contributed by atoms with E-state index >= 15 is 0 Å². The zero-order valence-corrected chi connectivity index (χ0v) is 32.1. The first-order chi connectivity index (χ1) is 18.6. The van der Waals surface area contributed by atoms with Crippen LogP contribution in [0.3, 0.4) is 0 Å². The van der Waals surface area contributed by atoms with Crippen molar-refractivity contribution in [2.24, 2.45) is 5.92 Å². The molecule has 0 radical (unpaired) electrons. The molecule has 0 nitrogen and oxygen atoms in total. The van der Waals surface area contributed by atoms with Gasteiger partial charge in [0.25, 0.3) is 0 Å². The maximum atomic E-state index is 2.80. The summed E-state index contributed by atoms with van der Waals surface area (Å²) in [7, 11) is 0. The normalized spacial score (nSPS) is 17.7. The molecule has 0 saturated carbocycles. The largest absolute Gasteiger partial charge is 0.147 e. The summed E-state index contributed by atoms with van der Waals surface area (Å²) in [5.41, 5.74) is 16.4. The van der Waals surface area contributed by atoms with Gasteiger partial charge in [-0.25, -0.2) is 0 Å². The Morgan fingerprint density at radius 1 is 0.634 bits per heavy atom. The second-order valence-corrected chi connectivity index (χ2v) is 58.3. The smallest absolute Gasteiger partial charge is 0.147 e. The van der Waals surface area contributed by atoms with Gasteiger partial charge in [-0.3, -0.25) is 0 Å². The van der Waals surface area contributed by atoms with E-state index in [0.717, 1.165) is 0 Å². The predicted octanol–water partition coefficient (Wildman–Crippen LogP) is 10.8. The van der Waals surface area contributed by atoms with Gasteiger partial charge in [-0.05, 0) is 0 Å². The molecule has 0 N–H and O–H groups in total. The second-order valence-electron chi connectivity index (χ2n) is 13.3. The summed E-state index contributed by atoms with van der Waals surface area (Å²) in [4.78, 5) is 0. The van der Waals surface area contributed by atoms with Crippen molar-refractivity contribution in [2.45, 2.75) is 44.2 Å². The third-order valence-electron chi connectivity index (χ3n) is 9.45. The molecule has 6 rings (SSSR count). The van der Waals surface area contributed by atoms with Crippen LogP contribution in [0.5, 0.6) is 0 Å². The van der Waals surface area contributed by atoms with Crippen molar-refractivity contribution in [3.63, 3.8) is 0 Å². The van der Waals surface area contributed by atoms with Gasteiger partial charge in [0.1, 0.15) is 0 Å². The fraction of sp³-hybridized carbons (Fsp3) is 0.243. The molecular formula is C37H42Cl2GeZr. The van der Waals surface area contributed by atoms with Gasteiger partial charge in [0.2, 0.25) is 0 Å².